The molecule has 7 heteroatoms. The van der Waals surface area contributed by atoms with E-state index in [2.05, 4.69) is 5.32 Å². The van der Waals surface area contributed by atoms with Gasteiger partial charge >= 0.3 is 5.97 Å². The van der Waals surface area contributed by atoms with Gasteiger partial charge in [-0.1, -0.05) is 25.4 Å². The molecule has 1 N–H and O–H groups in total. The van der Waals surface area contributed by atoms with Crippen LogP contribution >= 0.6 is 34.7 Å². The summed E-state index contributed by atoms with van der Waals surface area (Å²) in [5, 5.41) is 2.73. The largest absolute Gasteiger partial charge is 0.467 e. The Balaban J connectivity index is 2.37. The molecule has 0 saturated carbocycles. The smallest absolute Gasteiger partial charge is 0.328 e. The lowest BCUT2D eigenvalue weighted by Gasteiger charge is -2.18. The molecular formula is C14H20ClNO3S2. The Morgan fingerprint density at radius 1 is 1.43 bits per heavy atom. The van der Waals surface area contributed by atoms with Crippen molar-refractivity contribution in [2.24, 2.45) is 5.92 Å². The number of esters is 1. The Bertz CT molecular complexity index is 477. The fraction of sp³-hybridized carbons (Fsp3) is 0.571. The van der Waals surface area contributed by atoms with E-state index in [4.69, 9.17) is 16.3 Å². The number of ether oxygens (including phenoxy) is 1. The molecule has 1 atom stereocenters. The van der Waals surface area contributed by atoms with E-state index in [1.807, 2.05) is 26.0 Å². The first kappa shape index (κ1) is 18.3. The highest BCUT2D eigenvalue weighted by molar-refractivity contribution is 7.99. The van der Waals surface area contributed by atoms with E-state index in [9.17, 15) is 9.59 Å². The number of hydrogen-bond donors (Lipinski definition) is 1. The molecule has 0 fully saturated rings. The van der Waals surface area contributed by atoms with Crippen LogP contribution in [0.4, 0.5) is 0 Å². The molecule has 1 heterocycles. The summed E-state index contributed by atoms with van der Waals surface area (Å²) in [6, 6.07) is 3.23. The highest BCUT2D eigenvalue weighted by Crippen LogP contribution is 2.25. The van der Waals surface area contributed by atoms with Crippen LogP contribution in [0, 0.1) is 5.92 Å². The maximum Gasteiger partial charge on any atom is 0.328 e. The molecule has 1 aromatic rings. The number of thioether (sulfide) groups is 1. The molecule has 0 aliphatic rings. The number of nitrogens with one attached hydrogen (secondary N) is 1. The van der Waals surface area contributed by atoms with Gasteiger partial charge in [0.1, 0.15) is 6.04 Å². The zero-order valence-electron chi connectivity index (χ0n) is 12.3. The predicted molar refractivity (Wildman–Crippen MR) is 88.9 cm³/mol. The number of thiophene rings is 1. The quantitative estimate of drug-likeness (QED) is 0.731. The lowest BCUT2D eigenvalue weighted by molar-refractivity contribution is -0.145. The van der Waals surface area contributed by atoms with Crippen LogP contribution in [0.3, 0.4) is 0 Å². The Kier molecular flexibility index (Phi) is 8.14. The number of rotatable bonds is 8. The Hall–Kier alpha value is -0.720. The van der Waals surface area contributed by atoms with Gasteiger partial charge in [-0.25, -0.2) is 4.79 Å². The van der Waals surface area contributed by atoms with Crippen LogP contribution in [0.25, 0.3) is 0 Å². The lowest BCUT2D eigenvalue weighted by Crippen LogP contribution is -2.43. The van der Waals surface area contributed by atoms with Gasteiger partial charge < -0.3 is 10.1 Å². The van der Waals surface area contributed by atoms with Gasteiger partial charge in [-0.3, -0.25) is 4.79 Å². The molecule has 1 aromatic heterocycles. The van der Waals surface area contributed by atoms with Crippen molar-refractivity contribution in [1.82, 2.24) is 5.32 Å². The van der Waals surface area contributed by atoms with Crippen LogP contribution in [-0.4, -0.2) is 30.8 Å². The van der Waals surface area contributed by atoms with Crippen LogP contribution in [-0.2, 0) is 20.1 Å². The molecule has 1 unspecified atom stereocenters. The average Bonchev–Trinajstić information content (AvgIpc) is 2.82. The van der Waals surface area contributed by atoms with Crippen molar-refractivity contribution < 1.29 is 14.3 Å². The Labute approximate surface area is 138 Å². The minimum Gasteiger partial charge on any atom is -0.467 e. The fourth-order valence-corrected chi connectivity index (χ4v) is 3.77. The van der Waals surface area contributed by atoms with Gasteiger partial charge in [0, 0.05) is 10.6 Å². The number of carbonyl (C=O) groups is 2. The van der Waals surface area contributed by atoms with E-state index in [0.29, 0.717) is 18.1 Å². The van der Waals surface area contributed by atoms with Crippen molar-refractivity contribution >= 4 is 46.6 Å². The van der Waals surface area contributed by atoms with Gasteiger partial charge in [-0.05, 0) is 24.5 Å². The normalized spacial score (nSPS) is 12.2. The molecule has 4 nitrogen and oxygen atoms in total. The van der Waals surface area contributed by atoms with Gasteiger partial charge in [0.05, 0.1) is 17.2 Å². The summed E-state index contributed by atoms with van der Waals surface area (Å²) in [5.41, 5.74) is 0. The molecule has 118 valence electrons. The maximum absolute atomic E-state index is 11.9. The SMILES string of the molecule is COC(=O)C(CC(C)C)NC(=O)CSCc1ccc(Cl)s1. The van der Waals surface area contributed by atoms with Crippen LogP contribution in [0.15, 0.2) is 12.1 Å². The second-order valence-corrected chi connectivity index (χ2v) is 7.76. The standard InChI is InChI=1S/C14H20ClNO3S2/c1-9(2)6-11(14(18)19-3)16-13(17)8-20-7-10-4-5-12(15)21-10/h4-5,9,11H,6-8H2,1-3H3,(H,16,17). The molecule has 0 aliphatic heterocycles. The van der Waals surface area contributed by atoms with Gasteiger partial charge in [0.15, 0.2) is 0 Å². The average molecular weight is 350 g/mol. The van der Waals surface area contributed by atoms with Crippen molar-refractivity contribution in [3.63, 3.8) is 0 Å². The van der Waals surface area contributed by atoms with Gasteiger partial charge in [-0.2, -0.15) is 0 Å². The van der Waals surface area contributed by atoms with Crippen LogP contribution in [0.1, 0.15) is 25.1 Å². The van der Waals surface area contributed by atoms with Gasteiger partial charge in [-0.15, -0.1) is 23.1 Å². The van der Waals surface area contributed by atoms with Crippen LogP contribution < -0.4 is 5.32 Å². The van der Waals surface area contributed by atoms with E-state index < -0.39 is 12.0 Å². The third-order valence-electron chi connectivity index (χ3n) is 2.63. The summed E-state index contributed by atoms with van der Waals surface area (Å²) in [7, 11) is 1.33. The van der Waals surface area contributed by atoms with E-state index >= 15 is 0 Å². The second kappa shape index (κ2) is 9.33. The highest BCUT2D eigenvalue weighted by Gasteiger charge is 2.22. The lowest BCUT2D eigenvalue weighted by atomic mass is 10.0. The van der Waals surface area contributed by atoms with Crippen molar-refractivity contribution in [2.45, 2.75) is 32.1 Å². The fourth-order valence-electron chi connectivity index (χ4n) is 1.74. The molecule has 0 spiro atoms. The van der Waals surface area contributed by atoms with Crippen molar-refractivity contribution in [3.8, 4) is 0 Å². The monoisotopic (exact) mass is 349 g/mol. The minimum atomic E-state index is -0.570. The first-order chi connectivity index (χ1) is 9.92. The third kappa shape index (κ3) is 7.20. The van der Waals surface area contributed by atoms with Crippen molar-refractivity contribution in [3.05, 3.63) is 21.3 Å². The first-order valence-corrected chi connectivity index (χ1v) is 8.96. The maximum atomic E-state index is 11.9. The molecule has 1 amide bonds. The third-order valence-corrected chi connectivity index (χ3v) is 5.03. The number of halogens is 1. The van der Waals surface area contributed by atoms with Crippen molar-refractivity contribution in [1.29, 1.82) is 0 Å². The summed E-state index contributed by atoms with van der Waals surface area (Å²) in [6.45, 7) is 3.99. The van der Waals surface area contributed by atoms with Crippen LogP contribution in [0.2, 0.25) is 4.34 Å². The first-order valence-electron chi connectivity index (χ1n) is 6.61. The van der Waals surface area contributed by atoms with E-state index in [1.54, 1.807) is 0 Å². The zero-order chi connectivity index (χ0) is 15.8. The highest BCUT2D eigenvalue weighted by atomic mass is 35.5. The summed E-state index contributed by atoms with van der Waals surface area (Å²) >= 11 is 8.85. The molecule has 21 heavy (non-hydrogen) atoms. The molecule has 0 saturated heterocycles. The number of methoxy groups -OCH3 is 1. The molecule has 0 aromatic carbocycles. The summed E-state index contributed by atoms with van der Waals surface area (Å²) in [5.74, 6) is 0.792. The molecule has 0 radical (unpaired) electrons. The topological polar surface area (TPSA) is 55.4 Å². The van der Waals surface area contributed by atoms with Crippen LogP contribution in [0.5, 0.6) is 0 Å². The predicted octanol–water partition coefficient (Wildman–Crippen LogP) is 3.34. The Morgan fingerprint density at radius 3 is 2.67 bits per heavy atom. The van der Waals surface area contributed by atoms with Gasteiger partial charge in [0.2, 0.25) is 5.91 Å². The molecule has 1 rings (SSSR count). The minimum absolute atomic E-state index is 0.154. The molecular weight excluding hydrogens is 330 g/mol. The summed E-state index contributed by atoms with van der Waals surface area (Å²) in [6.07, 6.45) is 0.573. The number of carbonyl (C=O) groups excluding carboxylic acids is 2. The van der Waals surface area contributed by atoms with Crippen molar-refractivity contribution in [2.75, 3.05) is 12.9 Å². The van der Waals surface area contributed by atoms with E-state index in [1.165, 1.54) is 30.2 Å². The molecule has 0 bridgehead atoms. The van der Waals surface area contributed by atoms with Gasteiger partial charge in [0.25, 0.3) is 0 Å². The Morgan fingerprint density at radius 2 is 2.14 bits per heavy atom. The molecule has 0 aliphatic carbocycles. The number of amides is 1. The second-order valence-electron chi connectivity index (χ2n) is 4.97. The number of hydrogen-bond acceptors (Lipinski definition) is 5. The van der Waals surface area contributed by atoms with E-state index in [-0.39, 0.29) is 5.91 Å². The zero-order valence-corrected chi connectivity index (χ0v) is 14.7. The summed E-state index contributed by atoms with van der Waals surface area (Å²) < 4.78 is 5.47. The van der Waals surface area contributed by atoms with E-state index in [0.717, 1.165) is 15.0 Å². The summed E-state index contributed by atoms with van der Waals surface area (Å²) in [4.78, 5) is 24.6.